The van der Waals surface area contributed by atoms with Crippen molar-refractivity contribution in [3.8, 4) is 5.75 Å². The fourth-order valence-electron chi connectivity index (χ4n) is 6.64. The summed E-state index contributed by atoms with van der Waals surface area (Å²) in [6, 6.07) is 17.5. The highest BCUT2D eigenvalue weighted by atomic mass is 19.2. The number of amides is 1. The third-order valence-corrected chi connectivity index (χ3v) is 8.57. The van der Waals surface area contributed by atoms with Gasteiger partial charge in [-0.15, -0.1) is 0 Å². The van der Waals surface area contributed by atoms with E-state index in [1.807, 2.05) is 42.3 Å². The van der Waals surface area contributed by atoms with Crippen LogP contribution in [-0.2, 0) is 18.5 Å². The molecule has 3 aromatic carbocycles. The lowest BCUT2D eigenvalue weighted by Crippen LogP contribution is -2.62. The number of ether oxygens (including phenoxy) is 1. The van der Waals surface area contributed by atoms with E-state index in [0.717, 1.165) is 23.1 Å². The van der Waals surface area contributed by atoms with Crippen LogP contribution >= 0.6 is 0 Å². The van der Waals surface area contributed by atoms with Crippen LogP contribution in [0.2, 0.25) is 0 Å². The highest BCUT2D eigenvalue weighted by Gasteiger charge is 2.55. The van der Waals surface area contributed by atoms with Gasteiger partial charge in [-0.25, -0.2) is 13.2 Å². The van der Waals surface area contributed by atoms with Gasteiger partial charge in [-0.2, -0.15) is 0 Å². The van der Waals surface area contributed by atoms with Crippen LogP contribution in [-0.4, -0.2) is 28.8 Å². The fraction of sp³-hybridized carbons (Fsp3) is 0.235. The van der Waals surface area contributed by atoms with Gasteiger partial charge in [-0.3, -0.25) is 19.3 Å². The summed E-state index contributed by atoms with van der Waals surface area (Å²) in [7, 11) is 0. The van der Waals surface area contributed by atoms with E-state index in [0.29, 0.717) is 29.5 Å². The minimum Gasteiger partial charge on any atom is -0.487 e. The molecule has 4 aromatic rings. The maximum atomic E-state index is 15.0. The third kappa shape index (κ3) is 4.09. The zero-order valence-electron chi connectivity index (χ0n) is 23.4. The van der Waals surface area contributed by atoms with Crippen LogP contribution in [0, 0.1) is 17.5 Å². The van der Waals surface area contributed by atoms with Crippen molar-refractivity contribution in [1.29, 1.82) is 0 Å². The predicted octanol–water partition coefficient (Wildman–Crippen LogP) is 5.89. The van der Waals surface area contributed by atoms with E-state index in [4.69, 9.17) is 4.74 Å². The van der Waals surface area contributed by atoms with Crippen molar-refractivity contribution in [3.63, 3.8) is 0 Å². The Labute approximate surface area is 246 Å². The second kappa shape index (κ2) is 10.2. The maximum absolute atomic E-state index is 15.0. The number of carbonyl (C=O) groups is 1. The first-order valence-electron chi connectivity index (χ1n) is 14.3. The van der Waals surface area contributed by atoms with Gasteiger partial charge in [0, 0.05) is 18.8 Å². The Kier molecular flexibility index (Phi) is 6.41. The van der Waals surface area contributed by atoms with Crippen molar-refractivity contribution >= 4 is 12.0 Å². The fourth-order valence-corrected chi connectivity index (χ4v) is 6.64. The molecule has 218 valence electrons. The van der Waals surface area contributed by atoms with Gasteiger partial charge in [0.1, 0.15) is 18.0 Å². The number of benzene rings is 3. The lowest BCUT2D eigenvalue weighted by Gasteiger charge is -2.49. The van der Waals surface area contributed by atoms with Gasteiger partial charge >= 0.3 is 0 Å². The van der Waals surface area contributed by atoms with E-state index in [2.05, 4.69) is 0 Å². The highest BCUT2D eigenvalue weighted by molar-refractivity contribution is 5.96. The lowest BCUT2D eigenvalue weighted by atomic mass is 9.83. The minimum absolute atomic E-state index is 0.0323. The molecule has 0 fully saturated rings. The van der Waals surface area contributed by atoms with E-state index in [-0.39, 0.29) is 31.3 Å². The number of hydrogen-bond donors (Lipinski definition) is 0. The number of halogens is 3. The lowest BCUT2D eigenvalue weighted by molar-refractivity contribution is 0.0650. The van der Waals surface area contributed by atoms with Gasteiger partial charge in [0.05, 0.1) is 6.61 Å². The predicted molar refractivity (Wildman–Crippen MR) is 156 cm³/mol. The molecule has 0 radical (unpaired) electrons. The van der Waals surface area contributed by atoms with Crippen molar-refractivity contribution in [2.75, 3.05) is 18.3 Å². The number of fused-ring (bicyclic) bond motifs is 6. The van der Waals surface area contributed by atoms with Crippen molar-refractivity contribution in [1.82, 2.24) is 9.58 Å². The molecular weight excluding hydrogens is 555 g/mol. The number of hydrogen-bond acceptors (Lipinski definition) is 4. The largest absolute Gasteiger partial charge is 0.487 e. The smallest absolute Gasteiger partial charge is 0.278 e. The molecule has 2 heterocycles. The average molecular weight is 584 g/mol. The average Bonchev–Trinajstić information content (AvgIpc) is 3.48. The van der Waals surface area contributed by atoms with Crippen LogP contribution < -0.4 is 15.2 Å². The molecule has 0 saturated heterocycles. The highest BCUT2D eigenvalue weighted by Crippen LogP contribution is 2.55. The van der Waals surface area contributed by atoms with Crippen LogP contribution in [0.3, 0.4) is 0 Å². The van der Waals surface area contributed by atoms with Crippen molar-refractivity contribution in [3.05, 3.63) is 140 Å². The molecule has 0 N–H and O–H groups in total. The second-order valence-corrected chi connectivity index (χ2v) is 11.1. The summed E-state index contributed by atoms with van der Waals surface area (Å²) in [5.74, 6) is -2.78. The molecule has 9 heteroatoms. The SMILES string of the molecule is CCCCOc1c2n(ccc1=O)N(C13C(=Cc4ccccc41)Cc1cc(F)c(F)cc13)CN(Cc1ccc(F)cc1)C2=O. The van der Waals surface area contributed by atoms with Gasteiger partial charge < -0.3 is 9.64 Å². The van der Waals surface area contributed by atoms with Crippen molar-refractivity contribution < 1.29 is 22.7 Å². The molecule has 43 heavy (non-hydrogen) atoms. The van der Waals surface area contributed by atoms with Crippen LogP contribution in [0.15, 0.2) is 83.3 Å². The first-order chi connectivity index (χ1) is 20.8. The first kappa shape index (κ1) is 27.1. The summed E-state index contributed by atoms with van der Waals surface area (Å²) in [6.45, 7) is 2.40. The summed E-state index contributed by atoms with van der Waals surface area (Å²) >= 11 is 0. The standard InChI is InChI=1S/C34H28F3N3O3/c1-2-3-14-43-32-30(41)12-13-39-31(32)33(42)38(19-21-8-10-25(35)11-9-21)20-40(39)34-24(15-22-6-4-5-7-26(22)34)16-23-17-28(36)29(37)18-27(23)34/h4-13,15,17-18H,2-3,14,16,19-20H2,1H3. The van der Waals surface area contributed by atoms with E-state index in [9.17, 15) is 18.4 Å². The molecule has 0 saturated carbocycles. The molecular formula is C34H28F3N3O3. The quantitative estimate of drug-likeness (QED) is 0.255. The Morgan fingerprint density at radius 2 is 1.70 bits per heavy atom. The Morgan fingerprint density at radius 3 is 2.49 bits per heavy atom. The molecule has 1 aromatic heterocycles. The van der Waals surface area contributed by atoms with Gasteiger partial charge in [-0.1, -0.05) is 55.8 Å². The van der Waals surface area contributed by atoms with Gasteiger partial charge in [-0.05, 0) is 70.5 Å². The molecule has 1 aliphatic heterocycles. The Morgan fingerprint density at radius 1 is 0.930 bits per heavy atom. The van der Waals surface area contributed by atoms with E-state index < -0.39 is 34.3 Å². The molecule has 1 amide bonds. The minimum atomic E-state index is -1.10. The first-order valence-corrected chi connectivity index (χ1v) is 14.3. The summed E-state index contributed by atoms with van der Waals surface area (Å²) in [5.41, 5.74) is 3.08. The van der Waals surface area contributed by atoms with Gasteiger partial charge in [0.2, 0.25) is 5.43 Å². The summed E-state index contributed by atoms with van der Waals surface area (Å²) < 4.78 is 50.9. The molecule has 7 rings (SSSR count). The molecule has 0 spiro atoms. The number of unbranched alkanes of at least 4 members (excludes halogenated alkanes) is 1. The second-order valence-electron chi connectivity index (χ2n) is 11.1. The molecule has 2 aliphatic carbocycles. The van der Waals surface area contributed by atoms with Crippen molar-refractivity contribution in [2.45, 2.75) is 38.3 Å². The number of rotatable bonds is 7. The maximum Gasteiger partial charge on any atom is 0.278 e. The molecule has 1 atom stereocenters. The number of carbonyl (C=O) groups excluding carboxylic acids is 1. The monoisotopic (exact) mass is 583 g/mol. The van der Waals surface area contributed by atoms with Crippen LogP contribution in [0.4, 0.5) is 13.2 Å². The summed E-state index contributed by atoms with van der Waals surface area (Å²) in [6.07, 6.45) is 5.47. The number of pyridine rings is 1. The van der Waals surface area contributed by atoms with Crippen LogP contribution in [0.25, 0.3) is 6.08 Å². The topological polar surface area (TPSA) is 54.8 Å². The summed E-state index contributed by atoms with van der Waals surface area (Å²) in [5, 5.41) is 1.93. The van der Waals surface area contributed by atoms with Gasteiger partial charge in [0.25, 0.3) is 5.91 Å². The number of nitrogens with zero attached hydrogens (tertiary/aromatic N) is 3. The zero-order valence-corrected chi connectivity index (χ0v) is 23.4. The van der Waals surface area contributed by atoms with E-state index in [1.165, 1.54) is 30.3 Å². The van der Waals surface area contributed by atoms with Crippen LogP contribution in [0.1, 0.15) is 58.1 Å². The molecule has 6 nitrogen and oxygen atoms in total. The zero-order chi connectivity index (χ0) is 29.9. The van der Waals surface area contributed by atoms with E-state index in [1.54, 1.807) is 27.9 Å². The van der Waals surface area contributed by atoms with E-state index >= 15 is 4.39 Å². The van der Waals surface area contributed by atoms with Crippen molar-refractivity contribution in [2.24, 2.45) is 0 Å². The molecule has 3 aliphatic rings. The van der Waals surface area contributed by atoms with Crippen LogP contribution in [0.5, 0.6) is 5.75 Å². The third-order valence-electron chi connectivity index (χ3n) is 8.57. The number of aromatic nitrogens is 1. The molecule has 0 bridgehead atoms. The Bertz CT molecular complexity index is 1870. The van der Waals surface area contributed by atoms with Gasteiger partial charge in [0.15, 0.2) is 23.1 Å². The normalized spacial score (nSPS) is 18.2. The molecule has 1 unspecified atom stereocenters. The Balaban J connectivity index is 1.48. The summed E-state index contributed by atoms with van der Waals surface area (Å²) in [4.78, 5) is 29.0. The Hall–Kier alpha value is -4.79.